The molecule has 0 unspecified atom stereocenters. The predicted octanol–water partition coefficient (Wildman–Crippen LogP) is 6.91. The van der Waals surface area contributed by atoms with E-state index in [1.165, 1.54) is 48.5 Å². The third-order valence-corrected chi connectivity index (χ3v) is 7.06. The van der Waals surface area contributed by atoms with E-state index in [9.17, 15) is 9.59 Å². The zero-order valence-corrected chi connectivity index (χ0v) is 21.1. The van der Waals surface area contributed by atoms with Crippen molar-refractivity contribution >= 4 is 34.3 Å². The van der Waals surface area contributed by atoms with Crippen molar-refractivity contribution in [2.75, 3.05) is 19.0 Å². The van der Waals surface area contributed by atoms with E-state index in [0.29, 0.717) is 17.2 Å². The number of anilines is 1. The fourth-order valence-electron chi connectivity index (χ4n) is 4.26. The van der Waals surface area contributed by atoms with Crippen LogP contribution in [0.2, 0.25) is 0 Å². The summed E-state index contributed by atoms with van der Waals surface area (Å²) in [6.07, 6.45) is 9.77. The first-order chi connectivity index (χ1) is 17.1. The van der Waals surface area contributed by atoms with Gasteiger partial charge in [0.15, 0.2) is 0 Å². The summed E-state index contributed by atoms with van der Waals surface area (Å²) in [5.41, 5.74) is 5.68. The average Bonchev–Trinajstić information content (AvgIpc) is 3.30. The van der Waals surface area contributed by atoms with Gasteiger partial charge in [0.05, 0.1) is 13.7 Å². The van der Waals surface area contributed by atoms with Crippen LogP contribution in [0.5, 0.6) is 5.75 Å². The Morgan fingerprint density at radius 1 is 1.09 bits per heavy atom. The maximum atomic E-state index is 12.8. The summed E-state index contributed by atoms with van der Waals surface area (Å²) in [5, 5.41) is 5.26. The van der Waals surface area contributed by atoms with E-state index in [1.54, 1.807) is 6.08 Å². The van der Waals surface area contributed by atoms with E-state index in [-0.39, 0.29) is 5.91 Å². The van der Waals surface area contributed by atoms with Gasteiger partial charge in [0.1, 0.15) is 16.3 Å². The van der Waals surface area contributed by atoms with Gasteiger partial charge >= 0.3 is 5.97 Å². The number of nitrogens with one attached hydrogen (secondary N) is 1. The average molecular weight is 490 g/mol. The number of carbonyl (C=O) groups excluding carboxylic acids is 2. The fourth-order valence-corrected chi connectivity index (χ4v) is 5.22. The second kappa shape index (κ2) is 11.8. The zero-order valence-electron chi connectivity index (χ0n) is 20.3. The minimum atomic E-state index is -0.465. The molecule has 0 aliphatic heterocycles. The third-order valence-electron chi connectivity index (χ3n) is 6.17. The van der Waals surface area contributed by atoms with Gasteiger partial charge in [0.25, 0.3) is 0 Å². The van der Waals surface area contributed by atoms with Gasteiger partial charge in [-0.05, 0) is 60.9 Å². The van der Waals surface area contributed by atoms with Crippen LogP contribution in [0.1, 0.15) is 59.7 Å². The van der Waals surface area contributed by atoms with Gasteiger partial charge in [0, 0.05) is 22.6 Å². The summed E-state index contributed by atoms with van der Waals surface area (Å²) in [4.78, 5) is 25.5. The zero-order chi connectivity index (χ0) is 24.6. The molecule has 2 aromatic carbocycles. The van der Waals surface area contributed by atoms with Crippen LogP contribution in [0.25, 0.3) is 17.2 Å². The number of esters is 1. The van der Waals surface area contributed by atoms with Crippen LogP contribution in [0.4, 0.5) is 5.00 Å². The molecule has 6 heteroatoms. The van der Waals surface area contributed by atoms with Crippen molar-refractivity contribution in [2.45, 2.75) is 45.4 Å². The molecule has 1 amide bonds. The molecule has 3 aromatic rings. The summed E-state index contributed by atoms with van der Waals surface area (Å²) in [6, 6.07) is 14.0. The number of unbranched alkanes of at least 4 members (excludes halogenated alkanes) is 1. The molecular formula is C29H31NO4S. The Kier molecular flexibility index (Phi) is 8.37. The number of rotatable bonds is 9. The molecule has 4 rings (SSSR count). The molecule has 0 bridgehead atoms. The molecule has 0 atom stereocenters. The smallest absolute Gasteiger partial charge is 0.341 e. The molecule has 5 nitrogen and oxygen atoms in total. The number of methoxy groups -OCH3 is 1. The predicted molar refractivity (Wildman–Crippen MR) is 142 cm³/mol. The maximum Gasteiger partial charge on any atom is 0.341 e. The molecule has 35 heavy (non-hydrogen) atoms. The van der Waals surface area contributed by atoms with Crippen LogP contribution in [-0.4, -0.2) is 25.6 Å². The molecule has 1 aliphatic rings. The molecular weight excluding hydrogens is 458 g/mol. The van der Waals surface area contributed by atoms with Crippen LogP contribution in [-0.2, 0) is 22.4 Å². The largest absolute Gasteiger partial charge is 0.493 e. The van der Waals surface area contributed by atoms with E-state index >= 15 is 0 Å². The van der Waals surface area contributed by atoms with Crippen LogP contribution in [0, 0.1) is 0 Å². The number of thiophene rings is 1. The lowest BCUT2D eigenvalue weighted by atomic mass is 9.89. The Labute approximate surface area is 210 Å². The van der Waals surface area contributed by atoms with Gasteiger partial charge in [-0.15, -0.1) is 11.3 Å². The van der Waals surface area contributed by atoms with E-state index in [4.69, 9.17) is 9.47 Å². The number of aryl methyl sites for hydroxylation is 2. The first kappa shape index (κ1) is 24.7. The highest BCUT2D eigenvalue weighted by atomic mass is 32.1. The number of fused-ring (bicyclic) bond motifs is 1. The van der Waals surface area contributed by atoms with Gasteiger partial charge in [-0.1, -0.05) is 49.7 Å². The van der Waals surface area contributed by atoms with Gasteiger partial charge in [0.2, 0.25) is 5.91 Å². The van der Waals surface area contributed by atoms with Crippen LogP contribution >= 0.6 is 11.3 Å². The number of benzene rings is 2. The van der Waals surface area contributed by atoms with Crippen molar-refractivity contribution in [1.29, 1.82) is 0 Å². The number of hydrogen-bond donors (Lipinski definition) is 1. The number of hydrogen-bond acceptors (Lipinski definition) is 5. The van der Waals surface area contributed by atoms with Crippen molar-refractivity contribution in [3.63, 3.8) is 0 Å². The van der Waals surface area contributed by atoms with Gasteiger partial charge < -0.3 is 14.8 Å². The minimum Gasteiger partial charge on any atom is -0.493 e. The van der Waals surface area contributed by atoms with Crippen molar-refractivity contribution in [2.24, 2.45) is 0 Å². The van der Waals surface area contributed by atoms with Gasteiger partial charge in [-0.25, -0.2) is 4.79 Å². The molecule has 1 N–H and O–H groups in total. The lowest BCUT2D eigenvalue weighted by Crippen LogP contribution is -2.11. The molecule has 1 aliphatic carbocycles. The molecule has 1 heterocycles. The molecule has 0 spiro atoms. The van der Waals surface area contributed by atoms with Gasteiger partial charge in [-0.2, -0.15) is 0 Å². The quantitative estimate of drug-likeness (QED) is 0.201. The van der Waals surface area contributed by atoms with Crippen molar-refractivity contribution in [3.8, 4) is 16.9 Å². The van der Waals surface area contributed by atoms with E-state index in [0.717, 1.165) is 48.1 Å². The van der Waals surface area contributed by atoms with Crippen molar-refractivity contribution < 1.29 is 19.1 Å². The highest BCUT2D eigenvalue weighted by molar-refractivity contribution is 7.15. The first-order valence-corrected chi connectivity index (χ1v) is 13.0. The summed E-state index contributed by atoms with van der Waals surface area (Å²) in [6.45, 7) is 2.75. The first-order valence-electron chi connectivity index (χ1n) is 12.1. The lowest BCUT2D eigenvalue weighted by Gasteiger charge is -2.16. The van der Waals surface area contributed by atoms with E-state index < -0.39 is 5.97 Å². The normalized spacial score (nSPS) is 12.9. The molecule has 182 valence electrons. The Balaban J connectivity index is 1.55. The van der Waals surface area contributed by atoms with Crippen molar-refractivity contribution in [3.05, 3.63) is 76.2 Å². The SMILES string of the molecule is CCCCOc1ccccc1/C=C/C(=O)Nc1scc(-c2ccc3c(c2)CCCC3)c1C(=O)OC. The third kappa shape index (κ3) is 6.01. The van der Waals surface area contributed by atoms with Crippen LogP contribution < -0.4 is 10.1 Å². The summed E-state index contributed by atoms with van der Waals surface area (Å²) in [5.74, 6) is -0.0451. The monoisotopic (exact) mass is 489 g/mol. The Morgan fingerprint density at radius 3 is 2.69 bits per heavy atom. The standard InChI is InChI=1S/C29H31NO4S/c1-3-4-17-34-25-12-8-7-10-21(25)15-16-26(31)30-28-27(29(32)33-2)24(19-35-28)23-14-13-20-9-5-6-11-22(20)18-23/h7-8,10,12-16,18-19H,3-6,9,11,17H2,1-2H3,(H,30,31)/b16-15+. The second-order valence-corrected chi connectivity index (χ2v) is 9.48. The van der Waals surface area contributed by atoms with Crippen LogP contribution in [0.15, 0.2) is 53.9 Å². The number of para-hydroxylation sites is 1. The van der Waals surface area contributed by atoms with E-state index in [1.807, 2.05) is 29.6 Å². The second-order valence-electron chi connectivity index (χ2n) is 8.60. The van der Waals surface area contributed by atoms with E-state index in [2.05, 4.69) is 30.4 Å². The molecule has 0 fully saturated rings. The minimum absolute atomic E-state index is 0.322. The topological polar surface area (TPSA) is 64.6 Å². The molecule has 0 saturated carbocycles. The maximum absolute atomic E-state index is 12.8. The molecule has 0 saturated heterocycles. The number of carbonyl (C=O) groups is 2. The number of amides is 1. The Bertz CT molecular complexity index is 1230. The van der Waals surface area contributed by atoms with Crippen LogP contribution in [0.3, 0.4) is 0 Å². The van der Waals surface area contributed by atoms with Crippen molar-refractivity contribution in [1.82, 2.24) is 0 Å². The molecule has 0 radical (unpaired) electrons. The Morgan fingerprint density at radius 2 is 1.89 bits per heavy atom. The Hall–Kier alpha value is -3.38. The summed E-state index contributed by atoms with van der Waals surface area (Å²) < 4.78 is 10.9. The highest BCUT2D eigenvalue weighted by Crippen LogP contribution is 2.37. The highest BCUT2D eigenvalue weighted by Gasteiger charge is 2.23. The van der Waals surface area contributed by atoms with Gasteiger partial charge in [-0.3, -0.25) is 4.79 Å². The summed E-state index contributed by atoms with van der Waals surface area (Å²) >= 11 is 1.33. The fraction of sp³-hybridized carbons (Fsp3) is 0.310. The molecule has 1 aromatic heterocycles. The lowest BCUT2D eigenvalue weighted by molar-refractivity contribution is -0.111. The number of ether oxygens (including phenoxy) is 2. The summed E-state index contributed by atoms with van der Waals surface area (Å²) in [7, 11) is 1.36.